The third-order valence-corrected chi connectivity index (χ3v) is 3.51. The summed E-state index contributed by atoms with van der Waals surface area (Å²) in [5.74, 6) is -0.357. The molecule has 2 aromatic rings. The molecule has 1 heterocycles. The lowest BCUT2D eigenvalue weighted by Gasteiger charge is -2.20. The van der Waals surface area contributed by atoms with Crippen LogP contribution >= 0.6 is 11.6 Å². The average Bonchev–Trinajstić information content (AvgIpc) is 2.88. The van der Waals surface area contributed by atoms with Gasteiger partial charge in [0.1, 0.15) is 0 Å². The largest absolute Gasteiger partial charge is 0.478 e. The second-order valence-electron chi connectivity index (χ2n) is 5.23. The molecule has 0 fully saturated rings. The van der Waals surface area contributed by atoms with Gasteiger partial charge in [0, 0.05) is 10.6 Å². The summed E-state index contributed by atoms with van der Waals surface area (Å²) in [6.45, 7) is 7.36. The molecule has 0 unspecified atom stereocenters. The molecule has 0 spiro atoms. The number of aliphatic carboxylic acids is 1. The fourth-order valence-electron chi connectivity index (χ4n) is 1.83. The van der Waals surface area contributed by atoms with Crippen LogP contribution in [0.3, 0.4) is 0 Å². The van der Waals surface area contributed by atoms with Gasteiger partial charge in [0.15, 0.2) is 5.82 Å². The molecule has 2 rings (SSSR count). The van der Waals surface area contributed by atoms with E-state index in [9.17, 15) is 4.79 Å². The van der Waals surface area contributed by atoms with E-state index in [2.05, 4.69) is 16.7 Å². The summed E-state index contributed by atoms with van der Waals surface area (Å²) >= 11 is 5.88. The molecule has 0 bridgehead atoms. The lowest BCUT2D eigenvalue weighted by Crippen LogP contribution is -2.20. The van der Waals surface area contributed by atoms with Crippen molar-refractivity contribution in [1.82, 2.24) is 10.1 Å². The maximum atomic E-state index is 10.8. The Kier molecular flexibility index (Phi) is 4.14. The second kappa shape index (κ2) is 5.69. The fourth-order valence-corrected chi connectivity index (χ4v) is 1.96. The van der Waals surface area contributed by atoms with Crippen molar-refractivity contribution < 1.29 is 14.4 Å². The molecule has 0 aliphatic heterocycles. The maximum absolute atomic E-state index is 10.8. The number of nitrogens with zero attached hydrogens (tertiary/aromatic N) is 2. The number of rotatable bonds is 5. The van der Waals surface area contributed by atoms with E-state index in [-0.39, 0.29) is 17.9 Å². The first-order chi connectivity index (χ1) is 9.80. The van der Waals surface area contributed by atoms with Crippen molar-refractivity contribution in [3.05, 3.63) is 58.7 Å². The number of hydrogen-bond acceptors (Lipinski definition) is 4. The molecule has 0 saturated heterocycles. The van der Waals surface area contributed by atoms with Crippen LogP contribution in [0.15, 0.2) is 40.9 Å². The first kappa shape index (κ1) is 15.3. The molecule has 0 saturated carbocycles. The minimum Gasteiger partial charge on any atom is -0.478 e. The first-order valence-electron chi connectivity index (χ1n) is 6.31. The van der Waals surface area contributed by atoms with Crippen LogP contribution in [-0.4, -0.2) is 21.2 Å². The Balaban J connectivity index is 2.25. The third-order valence-electron chi connectivity index (χ3n) is 3.26. The standard InChI is InChI=1S/C15H15ClN2O3/c1-9(13(19)20)8-12-17-14(18-21-12)15(2,3)10-4-6-11(16)7-5-10/h4-7H,1,8H2,2-3H3,(H,19,20). The summed E-state index contributed by atoms with van der Waals surface area (Å²) in [5, 5.41) is 13.4. The molecule has 6 heteroatoms. The van der Waals surface area contributed by atoms with Crippen molar-refractivity contribution in [2.45, 2.75) is 25.7 Å². The van der Waals surface area contributed by atoms with Gasteiger partial charge in [-0.15, -0.1) is 0 Å². The van der Waals surface area contributed by atoms with Gasteiger partial charge in [-0.25, -0.2) is 4.79 Å². The van der Waals surface area contributed by atoms with Gasteiger partial charge in [0.05, 0.1) is 11.8 Å². The summed E-state index contributed by atoms with van der Waals surface area (Å²) in [5.41, 5.74) is 0.516. The molecule has 110 valence electrons. The predicted octanol–water partition coefficient (Wildman–Crippen LogP) is 3.23. The number of aromatic nitrogens is 2. The zero-order valence-corrected chi connectivity index (χ0v) is 12.5. The molecular formula is C15H15ClN2O3. The van der Waals surface area contributed by atoms with Crippen LogP contribution in [0.2, 0.25) is 5.02 Å². The predicted molar refractivity (Wildman–Crippen MR) is 78.4 cm³/mol. The molecule has 0 aliphatic carbocycles. The highest BCUT2D eigenvalue weighted by Gasteiger charge is 2.29. The normalized spacial score (nSPS) is 11.4. The van der Waals surface area contributed by atoms with Crippen molar-refractivity contribution >= 4 is 17.6 Å². The minimum absolute atomic E-state index is 0.00880. The van der Waals surface area contributed by atoms with Gasteiger partial charge in [0.2, 0.25) is 5.89 Å². The second-order valence-corrected chi connectivity index (χ2v) is 5.67. The first-order valence-corrected chi connectivity index (χ1v) is 6.68. The van der Waals surface area contributed by atoms with Crippen molar-refractivity contribution in [2.75, 3.05) is 0 Å². The van der Waals surface area contributed by atoms with Gasteiger partial charge in [-0.05, 0) is 31.5 Å². The van der Waals surface area contributed by atoms with E-state index in [1.54, 1.807) is 12.1 Å². The smallest absolute Gasteiger partial charge is 0.331 e. The molecule has 1 aromatic carbocycles. The highest BCUT2D eigenvalue weighted by molar-refractivity contribution is 6.30. The Morgan fingerprint density at radius 3 is 2.57 bits per heavy atom. The molecule has 0 aliphatic rings. The summed E-state index contributed by atoms with van der Waals surface area (Å²) in [7, 11) is 0. The van der Waals surface area contributed by atoms with Crippen LogP contribution in [0.4, 0.5) is 0 Å². The Morgan fingerprint density at radius 2 is 2.00 bits per heavy atom. The molecule has 0 radical (unpaired) electrons. The van der Waals surface area contributed by atoms with Crippen molar-refractivity contribution in [3.63, 3.8) is 0 Å². The van der Waals surface area contributed by atoms with E-state index in [1.807, 2.05) is 26.0 Å². The van der Waals surface area contributed by atoms with Crippen LogP contribution in [0.1, 0.15) is 31.1 Å². The van der Waals surface area contributed by atoms with Crippen molar-refractivity contribution in [2.24, 2.45) is 0 Å². The quantitative estimate of drug-likeness (QED) is 0.858. The minimum atomic E-state index is -1.08. The Hall–Kier alpha value is -2.14. The fraction of sp³-hybridized carbons (Fsp3) is 0.267. The third kappa shape index (κ3) is 3.31. The monoisotopic (exact) mass is 306 g/mol. The topological polar surface area (TPSA) is 76.2 Å². The maximum Gasteiger partial charge on any atom is 0.331 e. The molecule has 0 atom stereocenters. The van der Waals surface area contributed by atoms with E-state index in [1.165, 1.54) is 0 Å². The van der Waals surface area contributed by atoms with Gasteiger partial charge in [0.25, 0.3) is 0 Å². The van der Waals surface area contributed by atoms with E-state index in [0.29, 0.717) is 10.8 Å². The highest BCUT2D eigenvalue weighted by Crippen LogP contribution is 2.30. The summed E-state index contributed by atoms with van der Waals surface area (Å²) < 4.78 is 5.11. The number of carboxylic acid groups (broad SMARTS) is 1. The number of benzene rings is 1. The summed E-state index contributed by atoms with van der Waals surface area (Å²) in [6, 6.07) is 7.39. The lowest BCUT2D eigenvalue weighted by molar-refractivity contribution is -0.132. The van der Waals surface area contributed by atoms with Gasteiger partial charge < -0.3 is 9.63 Å². The van der Waals surface area contributed by atoms with E-state index >= 15 is 0 Å². The van der Waals surface area contributed by atoms with Gasteiger partial charge in [-0.1, -0.05) is 35.5 Å². The Labute approximate surface area is 127 Å². The molecule has 5 nitrogen and oxygen atoms in total. The highest BCUT2D eigenvalue weighted by atomic mass is 35.5. The van der Waals surface area contributed by atoms with Gasteiger partial charge in [-0.3, -0.25) is 0 Å². The zero-order valence-electron chi connectivity index (χ0n) is 11.8. The van der Waals surface area contributed by atoms with Gasteiger partial charge >= 0.3 is 5.97 Å². The van der Waals surface area contributed by atoms with E-state index in [4.69, 9.17) is 21.2 Å². The number of carbonyl (C=O) groups is 1. The van der Waals surface area contributed by atoms with E-state index < -0.39 is 11.4 Å². The SMILES string of the molecule is C=C(Cc1nc(C(C)(C)c2ccc(Cl)cc2)no1)C(=O)O. The molecular weight excluding hydrogens is 292 g/mol. The Bertz CT molecular complexity index is 674. The average molecular weight is 307 g/mol. The Morgan fingerprint density at radius 1 is 1.38 bits per heavy atom. The lowest BCUT2D eigenvalue weighted by atomic mass is 9.84. The van der Waals surface area contributed by atoms with E-state index in [0.717, 1.165) is 5.56 Å². The molecule has 0 amide bonds. The summed E-state index contributed by atoms with van der Waals surface area (Å²) in [4.78, 5) is 15.0. The molecule has 21 heavy (non-hydrogen) atoms. The number of halogens is 1. The molecule has 1 aromatic heterocycles. The van der Waals surface area contributed by atoms with Crippen LogP contribution in [-0.2, 0) is 16.6 Å². The van der Waals surface area contributed by atoms with Crippen molar-refractivity contribution in [3.8, 4) is 0 Å². The molecule has 1 N–H and O–H groups in total. The number of hydrogen-bond donors (Lipinski definition) is 1. The van der Waals surface area contributed by atoms with Crippen molar-refractivity contribution in [1.29, 1.82) is 0 Å². The van der Waals surface area contributed by atoms with Crippen LogP contribution in [0.5, 0.6) is 0 Å². The number of carboxylic acids is 1. The van der Waals surface area contributed by atoms with Crippen LogP contribution < -0.4 is 0 Å². The van der Waals surface area contributed by atoms with Gasteiger partial charge in [-0.2, -0.15) is 4.98 Å². The zero-order chi connectivity index (χ0) is 15.6. The van der Waals surface area contributed by atoms with Crippen LogP contribution in [0.25, 0.3) is 0 Å². The summed E-state index contributed by atoms with van der Waals surface area (Å²) in [6.07, 6.45) is 0.0268. The van der Waals surface area contributed by atoms with Crippen LogP contribution in [0, 0.1) is 0 Å².